The maximum atomic E-state index is 13.6. The summed E-state index contributed by atoms with van der Waals surface area (Å²) in [7, 11) is 0. The van der Waals surface area contributed by atoms with Gasteiger partial charge in [0.2, 0.25) is 0 Å². The Morgan fingerprint density at radius 2 is 1.70 bits per heavy atom. The molecule has 0 amide bonds. The highest BCUT2D eigenvalue weighted by atomic mass is 35.5. The molecular formula is C16H14ClF2N. The van der Waals surface area contributed by atoms with Crippen LogP contribution in [0.4, 0.5) is 14.5 Å². The van der Waals surface area contributed by atoms with Gasteiger partial charge in [-0.1, -0.05) is 29.8 Å². The summed E-state index contributed by atoms with van der Waals surface area (Å²) in [6.07, 6.45) is 1.80. The normalized spacial score (nSPS) is 21.4. The number of nitrogens with one attached hydrogen (secondary N) is 1. The average Bonchev–Trinajstić information content (AvgIpc) is 2.38. The molecule has 0 unspecified atom stereocenters. The minimum absolute atomic E-state index is 0.208. The lowest BCUT2D eigenvalue weighted by Crippen LogP contribution is -2.34. The summed E-state index contributed by atoms with van der Waals surface area (Å²) >= 11 is 5.98. The minimum Gasteiger partial charge on any atom is -0.379 e. The number of hydrogen-bond donors (Lipinski definition) is 1. The molecule has 0 bridgehead atoms. The van der Waals surface area contributed by atoms with E-state index in [1.54, 1.807) is 12.1 Å². The molecule has 2 aromatic carbocycles. The van der Waals surface area contributed by atoms with Crippen LogP contribution in [0.1, 0.15) is 24.3 Å². The molecule has 2 aromatic rings. The van der Waals surface area contributed by atoms with Crippen molar-refractivity contribution in [2.24, 2.45) is 0 Å². The van der Waals surface area contributed by atoms with E-state index in [0.717, 1.165) is 18.4 Å². The Hall–Kier alpha value is -1.61. The van der Waals surface area contributed by atoms with E-state index in [0.29, 0.717) is 16.6 Å². The zero-order chi connectivity index (χ0) is 14.1. The molecule has 1 nitrogen and oxygen atoms in total. The van der Waals surface area contributed by atoms with Gasteiger partial charge in [-0.15, -0.1) is 0 Å². The molecule has 1 aliphatic carbocycles. The van der Waals surface area contributed by atoms with Crippen molar-refractivity contribution < 1.29 is 8.78 Å². The van der Waals surface area contributed by atoms with Crippen molar-refractivity contribution in [3.63, 3.8) is 0 Å². The van der Waals surface area contributed by atoms with Gasteiger partial charge in [-0.05, 0) is 48.6 Å². The van der Waals surface area contributed by atoms with E-state index in [4.69, 9.17) is 11.6 Å². The van der Waals surface area contributed by atoms with E-state index in [9.17, 15) is 8.78 Å². The largest absolute Gasteiger partial charge is 0.379 e. The van der Waals surface area contributed by atoms with Crippen LogP contribution in [0.15, 0.2) is 42.5 Å². The van der Waals surface area contributed by atoms with Gasteiger partial charge >= 0.3 is 0 Å². The summed E-state index contributed by atoms with van der Waals surface area (Å²) in [5.74, 6) is -0.151. The second kappa shape index (κ2) is 5.41. The number of hydrogen-bond acceptors (Lipinski definition) is 1. The molecule has 1 N–H and O–H groups in total. The first-order valence-corrected chi connectivity index (χ1v) is 6.97. The monoisotopic (exact) mass is 293 g/mol. The molecule has 1 fully saturated rings. The highest BCUT2D eigenvalue weighted by Gasteiger charge is 2.31. The molecule has 0 aromatic heterocycles. The standard InChI is InChI=1S/C16H14ClF2N/c17-14-2-1-3-15(19)16(14)20-13-8-11(9-13)10-4-6-12(18)7-5-10/h1-7,11,13,20H,8-9H2. The predicted molar refractivity (Wildman–Crippen MR) is 77.2 cm³/mol. The Kier molecular flexibility index (Phi) is 3.62. The zero-order valence-electron chi connectivity index (χ0n) is 10.7. The highest BCUT2D eigenvalue weighted by Crippen LogP contribution is 2.39. The van der Waals surface area contributed by atoms with E-state index in [1.165, 1.54) is 18.2 Å². The second-order valence-corrected chi connectivity index (χ2v) is 5.56. The topological polar surface area (TPSA) is 12.0 Å². The third-order valence-electron chi connectivity index (χ3n) is 3.79. The Bertz CT molecular complexity index is 586. The van der Waals surface area contributed by atoms with Crippen LogP contribution in [0.3, 0.4) is 0 Å². The molecule has 3 rings (SSSR count). The summed E-state index contributed by atoms with van der Waals surface area (Å²) in [5, 5.41) is 3.54. The van der Waals surface area contributed by atoms with Gasteiger partial charge in [-0.2, -0.15) is 0 Å². The van der Waals surface area contributed by atoms with Crippen LogP contribution in [-0.4, -0.2) is 6.04 Å². The van der Waals surface area contributed by atoms with Crippen LogP contribution in [-0.2, 0) is 0 Å². The number of halogens is 3. The summed E-state index contributed by atoms with van der Waals surface area (Å²) in [4.78, 5) is 0. The molecular weight excluding hydrogens is 280 g/mol. The fourth-order valence-corrected chi connectivity index (χ4v) is 2.80. The lowest BCUT2D eigenvalue weighted by Gasteiger charge is -2.37. The first kappa shape index (κ1) is 13.4. The molecule has 0 saturated heterocycles. The molecule has 0 heterocycles. The molecule has 104 valence electrons. The molecule has 0 atom stereocenters. The van der Waals surface area contributed by atoms with Crippen LogP contribution >= 0.6 is 11.6 Å². The maximum Gasteiger partial charge on any atom is 0.147 e. The number of para-hydroxylation sites is 1. The lowest BCUT2D eigenvalue weighted by atomic mass is 9.76. The van der Waals surface area contributed by atoms with Gasteiger partial charge in [0.1, 0.15) is 11.6 Å². The van der Waals surface area contributed by atoms with Gasteiger partial charge < -0.3 is 5.32 Å². The number of anilines is 1. The van der Waals surface area contributed by atoms with E-state index in [1.807, 2.05) is 12.1 Å². The smallest absolute Gasteiger partial charge is 0.147 e. The van der Waals surface area contributed by atoms with E-state index in [-0.39, 0.29) is 17.7 Å². The van der Waals surface area contributed by atoms with Crippen molar-refractivity contribution in [3.8, 4) is 0 Å². The predicted octanol–water partition coefficient (Wildman–Crippen LogP) is 4.98. The highest BCUT2D eigenvalue weighted by molar-refractivity contribution is 6.33. The summed E-state index contributed by atoms with van der Waals surface area (Å²) in [5.41, 5.74) is 1.50. The third-order valence-corrected chi connectivity index (χ3v) is 4.11. The Balaban J connectivity index is 1.62. The third kappa shape index (κ3) is 2.63. The lowest BCUT2D eigenvalue weighted by molar-refractivity contribution is 0.372. The molecule has 1 aliphatic rings. The SMILES string of the molecule is Fc1ccc(C2CC(Nc3c(F)cccc3Cl)C2)cc1. The minimum atomic E-state index is -0.331. The molecule has 4 heteroatoms. The number of rotatable bonds is 3. The van der Waals surface area contributed by atoms with Gasteiger partial charge in [0, 0.05) is 6.04 Å². The van der Waals surface area contributed by atoms with Gasteiger partial charge in [0.25, 0.3) is 0 Å². The van der Waals surface area contributed by atoms with Gasteiger partial charge in [-0.25, -0.2) is 8.78 Å². The summed E-state index contributed by atoms with van der Waals surface area (Å²) in [6, 6.07) is 11.4. The van der Waals surface area contributed by atoms with E-state index < -0.39 is 0 Å². The molecule has 0 radical (unpaired) electrons. The molecule has 0 spiro atoms. The molecule has 1 saturated carbocycles. The molecule has 20 heavy (non-hydrogen) atoms. The second-order valence-electron chi connectivity index (χ2n) is 5.16. The Morgan fingerprint density at radius 3 is 2.35 bits per heavy atom. The first-order valence-electron chi connectivity index (χ1n) is 6.59. The fourth-order valence-electron chi connectivity index (χ4n) is 2.58. The molecule has 0 aliphatic heterocycles. The summed E-state index contributed by atoms with van der Waals surface area (Å²) in [6.45, 7) is 0. The van der Waals surface area contributed by atoms with Gasteiger partial charge in [0.15, 0.2) is 0 Å². The maximum absolute atomic E-state index is 13.6. The van der Waals surface area contributed by atoms with Crippen molar-refractivity contribution in [1.82, 2.24) is 0 Å². The fraction of sp³-hybridized carbons (Fsp3) is 0.250. The quantitative estimate of drug-likeness (QED) is 0.842. The van der Waals surface area contributed by atoms with Crippen molar-refractivity contribution >= 4 is 17.3 Å². The van der Waals surface area contributed by atoms with E-state index >= 15 is 0 Å². The van der Waals surface area contributed by atoms with Gasteiger partial charge in [-0.3, -0.25) is 0 Å². The van der Waals surface area contributed by atoms with Crippen LogP contribution in [0, 0.1) is 11.6 Å². The summed E-state index contributed by atoms with van der Waals surface area (Å²) < 4.78 is 26.5. The van der Waals surface area contributed by atoms with E-state index in [2.05, 4.69) is 5.32 Å². The van der Waals surface area contributed by atoms with Crippen LogP contribution in [0.5, 0.6) is 0 Å². The van der Waals surface area contributed by atoms with Crippen molar-refractivity contribution in [3.05, 3.63) is 64.7 Å². The average molecular weight is 294 g/mol. The van der Waals surface area contributed by atoms with Crippen molar-refractivity contribution in [2.75, 3.05) is 5.32 Å². The zero-order valence-corrected chi connectivity index (χ0v) is 11.5. The number of benzene rings is 2. The first-order chi connectivity index (χ1) is 9.63. The van der Waals surface area contributed by atoms with Crippen molar-refractivity contribution in [1.29, 1.82) is 0 Å². The van der Waals surface area contributed by atoms with Crippen LogP contribution in [0.25, 0.3) is 0 Å². The van der Waals surface area contributed by atoms with Crippen LogP contribution in [0.2, 0.25) is 5.02 Å². The Labute approximate surface area is 121 Å². The van der Waals surface area contributed by atoms with Crippen molar-refractivity contribution in [2.45, 2.75) is 24.8 Å². The van der Waals surface area contributed by atoms with Crippen LogP contribution < -0.4 is 5.32 Å². The Morgan fingerprint density at radius 1 is 1.00 bits per heavy atom. The van der Waals surface area contributed by atoms with Gasteiger partial charge in [0.05, 0.1) is 10.7 Å².